The maximum absolute atomic E-state index is 11.6. The highest BCUT2D eigenvalue weighted by atomic mass is 16.5. The minimum Gasteiger partial charge on any atom is -0.493 e. The summed E-state index contributed by atoms with van der Waals surface area (Å²) in [6.45, 7) is 2.74. The molecule has 1 aromatic rings. The average molecular weight is 208 g/mol. The molecular formula is C12H16O3. The van der Waals surface area contributed by atoms with E-state index in [-0.39, 0.29) is 12.4 Å². The standard InChI is InChI=1S/C12H16O3/c1-3-8-15-12-7-5-4-6-10(12)11(13)9-14-2/h4-7H,3,8-9H2,1-2H3. The first-order chi connectivity index (χ1) is 7.29. The Morgan fingerprint density at radius 2 is 2.07 bits per heavy atom. The topological polar surface area (TPSA) is 35.5 Å². The molecule has 0 bridgehead atoms. The van der Waals surface area contributed by atoms with E-state index in [0.29, 0.717) is 17.9 Å². The molecule has 3 heteroatoms. The number of hydrogen-bond acceptors (Lipinski definition) is 3. The second kappa shape index (κ2) is 6.19. The van der Waals surface area contributed by atoms with Crippen LogP contribution in [0.25, 0.3) is 0 Å². The summed E-state index contributed by atoms with van der Waals surface area (Å²) < 4.78 is 10.3. The molecule has 1 rings (SSSR count). The van der Waals surface area contributed by atoms with Gasteiger partial charge in [0, 0.05) is 7.11 Å². The summed E-state index contributed by atoms with van der Waals surface area (Å²) in [6.07, 6.45) is 0.923. The molecule has 0 saturated carbocycles. The lowest BCUT2D eigenvalue weighted by molar-refractivity contribution is 0.0844. The smallest absolute Gasteiger partial charge is 0.192 e. The molecule has 0 atom stereocenters. The molecular weight excluding hydrogens is 192 g/mol. The molecule has 0 N–H and O–H groups in total. The summed E-state index contributed by atoms with van der Waals surface area (Å²) in [6, 6.07) is 7.24. The molecule has 0 radical (unpaired) electrons. The van der Waals surface area contributed by atoms with Gasteiger partial charge in [0.25, 0.3) is 0 Å². The minimum atomic E-state index is -0.0517. The highest BCUT2D eigenvalue weighted by Crippen LogP contribution is 2.18. The maximum Gasteiger partial charge on any atom is 0.192 e. The van der Waals surface area contributed by atoms with Crippen LogP contribution in [0.1, 0.15) is 23.7 Å². The number of hydrogen-bond donors (Lipinski definition) is 0. The largest absolute Gasteiger partial charge is 0.493 e. The van der Waals surface area contributed by atoms with E-state index in [1.54, 1.807) is 12.1 Å². The van der Waals surface area contributed by atoms with Crippen LogP contribution >= 0.6 is 0 Å². The highest BCUT2D eigenvalue weighted by molar-refractivity contribution is 5.99. The molecule has 15 heavy (non-hydrogen) atoms. The van der Waals surface area contributed by atoms with Crippen molar-refractivity contribution in [3.63, 3.8) is 0 Å². The summed E-state index contributed by atoms with van der Waals surface area (Å²) in [5.74, 6) is 0.589. The van der Waals surface area contributed by atoms with Crippen LogP contribution in [-0.2, 0) is 4.74 Å². The van der Waals surface area contributed by atoms with Crippen LogP contribution < -0.4 is 4.74 Å². The minimum absolute atomic E-state index is 0.0517. The third kappa shape index (κ3) is 3.36. The number of rotatable bonds is 6. The summed E-state index contributed by atoms with van der Waals surface area (Å²) >= 11 is 0. The van der Waals surface area contributed by atoms with Crippen molar-refractivity contribution < 1.29 is 14.3 Å². The average Bonchev–Trinajstić information content (AvgIpc) is 2.27. The summed E-state index contributed by atoms with van der Waals surface area (Å²) in [5.41, 5.74) is 0.591. The predicted octanol–water partition coefficient (Wildman–Crippen LogP) is 2.30. The van der Waals surface area contributed by atoms with Crippen molar-refractivity contribution in [2.24, 2.45) is 0 Å². The Bertz CT molecular complexity index is 320. The summed E-state index contributed by atoms with van der Waals surface area (Å²) in [5, 5.41) is 0. The Hall–Kier alpha value is -1.35. The van der Waals surface area contributed by atoms with Crippen LogP contribution in [0, 0.1) is 0 Å². The second-order valence-electron chi connectivity index (χ2n) is 3.20. The van der Waals surface area contributed by atoms with Crippen molar-refractivity contribution in [3.05, 3.63) is 29.8 Å². The van der Waals surface area contributed by atoms with Gasteiger partial charge in [0.1, 0.15) is 12.4 Å². The summed E-state index contributed by atoms with van der Waals surface area (Å²) in [4.78, 5) is 11.6. The molecule has 0 unspecified atom stereocenters. The number of Topliss-reactive ketones (excluding diaryl/α,β-unsaturated/α-hetero) is 1. The monoisotopic (exact) mass is 208 g/mol. The van der Waals surface area contributed by atoms with Gasteiger partial charge in [-0.25, -0.2) is 0 Å². The molecule has 0 saturated heterocycles. The van der Waals surface area contributed by atoms with Gasteiger partial charge in [-0.15, -0.1) is 0 Å². The lowest BCUT2D eigenvalue weighted by atomic mass is 10.1. The zero-order valence-corrected chi connectivity index (χ0v) is 9.16. The Labute approximate surface area is 90.0 Å². The Morgan fingerprint density at radius 1 is 1.33 bits per heavy atom. The van der Waals surface area contributed by atoms with Crippen molar-refractivity contribution in [1.29, 1.82) is 0 Å². The van der Waals surface area contributed by atoms with E-state index in [9.17, 15) is 4.79 Å². The normalized spacial score (nSPS) is 10.0. The van der Waals surface area contributed by atoms with Gasteiger partial charge in [-0.05, 0) is 18.6 Å². The highest BCUT2D eigenvalue weighted by Gasteiger charge is 2.10. The number of methoxy groups -OCH3 is 1. The van der Waals surface area contributed by atoms with E-state index in [4.69, 9.17) is 9.47 Å². The van der Waals surface area contributed by atoms with Crippen molar-refractivity contribution in [1.82, 2.24) is 0 Å². The zero-order chi connectivity index (χ0) is 11.1. The third-order valence-corrected chi connectivity index (χ3v) is 1.92. The lowest BCUT2D eigenvalue weighted by Crippen LogP contribution is -2.09. The van der Waals surface area contributed by atoms with Gasteiger partial charge in [0.15, 0.2) is 5.78 Å². The molecule has 0 amide bonds. The summed E-state index contributed by atoms with van der Waals surface area (Å²) in [7, 11) is 1.51. The van der Waals surface area contributed by atoms with Crippen molar-refractivity contribution in [3.8, 4) is 5.75 Å². The van der Waals surface area contributed by atoms with Crippen molar-refractivity contribution in [2.75, 3.05) is 20.3 Å². The van der Waals surface area contributed by atoms with Crippen LogP contribution in [0.5, 0.6) is 5.75 Å². The maximum atomic E-state index is 11.6. The van der Waals surface area contributed by atoms with E-state index in [1.807, 2.05) is 19.1 Å². The van der Waals surface area contributed by atoms with E-state index < -0.39 is 0 Å². The first kappa shape index (κ1) is 11.7. The van der Waals surface area contributed by atoms with Crippen molar-refractivity contribution >= 4 is 5.78 Å². The molecule has 82 valence electrons. The Balaban J connectivity index is 2.80. The third-order valence-electron chi connectivity index (χ3n) is 1.92. The van der Waals surface area contributed by atoms with Gasteiger partial charge in [-0.3, -0.25) is 4.79 Å². The van der Waals surface area contributed by atoms with Gasteiger partial charge in [0.2, 0.25) is 0 Å². The lowest BCUT2D eigenvalue weighted by Gasteiger charge is -2.09. The first-order valence-electron chi connectivity index (χ1n) is 5.03. The second-order valence-corrected chi connectivity index (χ2v) is 3.20. The molecule has 0 aliphatic carbocycles. The molecule has 0 aliphatic rings. The van der Waals surface area contributed by atoms with Gasteiger partial charge >= 0.3 is 0 Å². The molecule has 0 aliphatic heterocycles. The van der Waals surface area contributed by atoms with Crippen LogP contribution in [0.4, 0.5) is 0 Å². The molecule has 0 heterocycles. The first-order valence-corrected chi connectivity index (χ1v) is 5.03. The predicted molar refractivity (Wildman–Crippen MR) is 58.4 cm³/mol. The molecule has 3 nitrogen and oxygen atoms in total. The number of carbonyl (C=O) groups excluding carboxylic acids is 1. The quantitative estimate of drug-likeness (QED) is 0.673. The van der Waals surface area contributed by atoms with E-state index >= 15 is 0 Å². The van der Waals surface area contributed by atoms with E-state index in [0.717, 1.165) is 6.42 Å². The SMILES string of the molecule is CCCOc1ccccc1C(=O)COC. The number of ether oxygens (including phenoxy) is 2. The van der Waals surface area contributed by atoms with Crippen LogP contribution in [0.15, 0.2) is 24.3 Å². The number of carbonyl (C=O) groups is 1. The number of benzene rings is 1. The fourth-order valence-corrected chi connectivity index (χ4v) is 1.24. The van der Waals surface area contributed by atoms with Gasteiger partial charge in [-0.2, -0.15) is 0 Å². The van der Waals surface area contributed by atoms with Gasteiger partial charge in [0.05, 0.1) is 12.2 Å². The van der Waals surface area contributed by atoms with Gasteiger partial charge < -0.3 is 9.47 Å². The molecule has 0 spiro atoms. The van der Waals surface area contributed by atoms with Gasteiger partial charge in [-0.1, -0.05) is 19.1 Å². The van der Waals surface area contributed by atoms with E-state index in [1.165, 1.54) is 7.11 Å². The molecule has 0 fully saturated rings. The Morgan fingerprint density at radius 3 is 2.73 bits per heavy atom. The zero-order valence-electron chi connectivity index (χ0n) is 9.16. The number of para-hydroxylation sites is 1. The van der Waals surface area contributed by atoms with Crippen LogP contribution in [0.3, 0.4) is 0 Å². The molecule has 0 aromatic heterocycles. The fraction of sp³-hybridized carbons (Fsp3) is 0.417. The number of ketones is 1. The fourth-order valence-electron chi connectivity index (χ4n) is 1.24. The van der Waals surface area contributed by atoms with Crippen LogP contribution in [-0.4, -0.2) is 26.1 Å². The molecule has 1 aromatic carbocycles. The van der Waals surface area contributed by atoms with Crippen molar-refractivity contribution in [2.45, 2.75) is 13.3 Å². The Kier molecular flexibility index (Phi) is 4.84. The van der Waals surface area contributed by atoms with Crippen LogP contribution in [0.2, 0.25) is 0 Å². The van der Waals surface area contributed by atoms with E-state index in [2.05, 4.69) is 0 Å².